The van der Waals surface area contributed by atoms with Gasteiger partial charge < -0.3 is 5.32 Å². The second-order valence-corrected chi connectivity index (χ2v) is 8.68. The van der Waals surface area contributed by atoms with Gasteiger partial charge in [-0.15, -0.1) is 0 Å². The number of carbonyl (C=O) groups is 1. The molecule has 1 amide bonds. The van der Waals surface area contributed by atoms with Crippen LogP contribution in [-0.2, 0) is 14.8 Å². The zero-order chi connectivity index (χ0) is 18.4. The Kier molecular flexibility index (Phi) is 6.61. The zero-order valence-corrected chi connectivity index (χ0v) is 16.5. The molecule has 0 aromatic heterocycles. The largest absolute Gasteiger partial charge is 0.354 e. The molecule has 1 N–H and O–H groups in total. The number of halogens is 1. The van der Waals surface area contributed by atoms with Gasteiger partial charge in [-0.2, -0.15) is 0 Å². The van der Waals surface area contributed by atoms with E-state index in [0.717, 1.165) is 20.6 Å². The maximum atomic E-state index is 12.2. The van der Waals surface area contributed by atoms with Crippen LogP contribution in [0.1, 0.15) is 18.4 Å². The topological polar surface area (TPSA) is 66.5 Å². The maximum Gasteiger partial charge on any atom is 0.240 e. The van der Waals surface area contributed by atoms with Crippen molar-refractivity contribution in [1.29, 1.82) is 0 Å². The molecule has 0 unspecified atom stereocenters. The van der Waals surface area contributed by atoms with Crippen molar-refractivity contribution in [3.8, 4) is 0 Å². The highest BCUT2D eigenvalue weighted by atomic mass is 79.9. The summed E-state index contributed by atoms with van der Waals surface area (Å²) in [6, 6.07) is 16.6. The first-order valence-corrected chi connectivity index (χ1v) is 10.5. The average molecular weight is 425 g/mol. The quantitative estimate of drug-likeness (QED) is 0.741. The fourth-order valence-electron chi connectivity index (χ4n) is 2.36. The van der Waals surface area contributed by atoms with Gasteiger partial charge in [0.15, 0.2) is 0 Å². The van der Waals surface area contributed by atoms with E-state index in [0.29, 0.717) is 12.2 Å². The van der Waals surface area contributed by atoms with Crippen molar-refractivity contribution < 1.29 is 13.2 Å². The van der Waals surface area contributed by atoms with Crippen molar-refractivity contribution in [1.82, 2.24) is 5.32 Å². The fraction of sp³-hybridized carbons (Fsp3) is 0.278. The Labute approximate surface area is 157 Å². The third-order valence-electron chi connectivity index (χ3n) is 3.78. The fourth-order valence-corrected chi connectivity index (χ4v) is 3.48. The van der Waals surface area contributed by atoms with E-state index in [1.54, 1.807) is 24.3 Å². The number of hydrogen-bond acceptors (Lipinski definition) is 3. The number of rotatable bonds is 7. The number of sulfonamides is 1. The molecular weight excluding hydrogens is 404 g/mol. The number of nitrogens with zero attached hydrogens (tertiary/aromatic N) is 1. The van der Waals surface area contributed by atoms with Crippen molar-refractivity contribution in [3.63, 3.8) is 0 Å². The van der Waals surface area contributed by atoms with Crippen LogP contribution in [0.15, 0.2) is 59.1 Å². The molecule has 0 aliphatic rings. The molecule has 5 nitrogen and oxygen atoms in total. The Morgan fingerprint density at radius 3 is 2.28 bits per heavy atom. The monoisotopic (exact) mass is 424 g/mol. The molecule has 2 rings (SSSR count). The van der Waals surface area contributed by atoms with E-state index in [1.807, 2.05) is 37.3 Å². The average Bonchev–Trinajstić information content (AvgIpc) is 2.58. The van der Waals surface area contributed by atoms with Crippen LogP contribution >= 0.6 is 15.9 Å². The summed E-state index contributed by atoms with van der Waals surface area (Å²) in [4.78, 5) is 12.2. The third kappa shape index (κ3) is 5.86. The van der Waals surface area contributed by atoms with Gasteiger partial charge in [0, 0.05) is 11.0 Å². The van der Waals surface area contributed by atoms with Crippen LogP contribution in [0, 0.1) is 0 Å². The van der Waals surface area contributed by atoms with E-state index >= 15 is 0 Å². The van der Waals surface area contributed by atoms with Gasteiger partial charge in [0.25, 0.3) is 0 Å². The van der Waals surface area contributed by atoms with E-state index in [1.165, 1.54) is 0 Å². The molecule has 2 aromatic rings. The van der Waals surface area contributed by atoms with Gasteiger partial charge in [0.2, 0.25) is 15.9 Å². The minimum absolute atomic E-state index is 0.143. The maximum absolute atomic E-state index is 12.2. The first kappa shape index (κ1) is 19.5. The normalized spacial score (nSPS) is 12.4. The van der Waals surface area contributed by atoms with Crippen molar-refractivity contribution >= 4 is 37.5 Å². The molecule has 0 saturated carbocycles. The number of amides is 1. The Bertz CT molecular complexity index is 808. The third-order valence-corrected chi connectivity index (χ3v) is 5.45. The Morgan fingerprint density at radius 1 is 1.12 bits per heavy atom. The lowest BCUT2D eigenvalue weighted by Crippen LogP contribution is -2.41. The lowest BCUT2D eigenvalue weighted by Gasteiger charge is -2.22. The minimum Gasteiger partial charge on any atom is -0.354 e. The van der Waals surface area contributed by atoms with Gasteiger partial charge in [-0.3, -0.25) is 9.10 Å². The second-order valence-electron chi connectivity index (χ2n) is 5.86. The smallest absolute Gasteiger partial charge is 0.240 e. The van der Waals surface area contributed by atoms with Crippen LogP contribution in [0.3, 0.4) is 0 Å². The Hall–Kier alpha value is -1.86. The predicted molar refractivity (Wildman–Crippen MR) is 104 cm³/mol. The zero-order valence-electron chi connectivity index (χ0n) is 14.1. The summed E-state index contributed by atoms with van der Waals surface area (Å²) in [6.45, 7) is 2.21. The van der Waals surface area contributed by atoms with Crippen molar-refractivity contribution in [2.24, 2.45) is 0 Å². The molecule has 0 aliphatic heterocycles. The van der Waals surface area contributed by atoms with Crippen LogP contribution in [0.2, 0.25) is 0 Å². The van der Waals surface area contributed by atoms with Gasteiger partial charge in [0.05, 0.1) is 11.9 Å². The number of hydrogen-bond donors (Lipinski definition) is 1. The molecule has 0 fully saturated rings. The second kappa shape index (κ2) is 8.49. The van der Waals surface area contributed by atoms with Crippen LogP contribution in [0.5, 0.6) is 0 Å². The summed E-state index contributed by atoms with van der Waals surface area (Å²) in [5.74, 6) is -0.194. The van der Waals surface area contributed by atoms with Crippen molar-refractivity contribution in [2.75, 3.05) is 23.7 Å². The summed E-state index contributed by atoms with van der Waals surface area (Å²) >= 11 is 3.31. The summed E-state index contributed by atoms with van der Waals surface area (Å²) in [6.07, 6.45) is 1.09. The summed E-state index contributed by atoms with van der Waals surface area (Å²) < 4.78 is 26.0. The van der Waals surface area contributed by atoms with Crippen molar-refractivity contribution in [3.05, 3.63) is 64.6 Å². The summed E-state index contributed by atoms with van der Waals surface area (Å²) in [5.41, 5.74) is 1.58. The standard InChI is InChI=1S/C18H21BrN2O3S/c1-14(15-6-4-3-5-7-15)12-20-18(22)13-21(25(2,23)24)17-10-8-16(19)9-11-17/h3-11,14H,12-13H2,1-2H3,(H,20,22)/t14-/m1/s1. The van der Waals surface area contributed by atoms with Crippen molar-refractivity contribution in [2.45, 2.75) is 12.8 Å². The van der Waals surface area contributed by atoms with E-state index in [4.69, 9.17) is 0 Å². The highest BCUT2D eigenvalue weighted by Gasteiger charge is 2.21. The SMILES string of the molecule is C[C@H](CNC(=O)CN(c1ccc(Br)cc1)S(C)(=O)=O)c1ccccc1. The number of carbonyl (C=O) groups excluding carboxylic acids is 1. The number of nitrogens with one attached hydrogen (secondary N) is 1. The minimum atomic E-state index is -3.56. The van der Waals surface area contributed by atoms with Gasteiger partial charge in [-0.25, -0.2) is 8.42 Å². The molecule has 0 spiro atoms. The molecule has 0 saturated heterocycles. The molecule has 7 heteroatoms. The highest BCUT2D eigenvalue weighted by molar-refractivity contribution is 9.10. The Balaban J connectivity index is 2.01. The first-order valence-electron chi connectivity index (χ1n) is 7.82. The predicted octanol–water partition coefficient (Wildman–Crippen LogP) is 3.14. The molecular formula is C18H21BrN2O3S. The molecule has 0 radical (unpaired) electrons. The van der Waals surface area contributed by atoms with E-state index in [9.17, 15) is 13.2 Å². The van der Waals surface area contributed by atoms with Gasteiger partial charge in [0.1, 0.15) is 6.54 Å². The first-order chi connectivity index (χ1) is 11.8. The molecule has 0 aliphatic carbocycles. The van der Waals surface area contributed by atoms with Crippen LogP contribution in [0.4, 0.5) is 5.69 Å². The van der Waals surface area contributed by atoms with Crippen LogP contribution in [-0.4, -0.2) is 33.7 Å². The van der Waals surface area contributed by atoms with Crippen LogP contribution in [0.25, 0.3) is 0 Å². The van der Waals surface area contributed by atoms with E-state index < -0.39 is 10.0 Å². The van der Waals surface area contributed by atoms with Crippen LogP contribution < -0.4 is 9.62 Å². The Morgan fingerprint density at radius 2 is 1.72 bits per heavy atom. The number of benzene rings is 2. The molecule has 2 aromatic carbocycles. The summed E-state index contributed by atoms with van der Waals surface area (Å²) in [7, 11) is -3.56. The highest BCUT2D eigenvalue weighted by Crippen LogP contribution is 2.20. The lowest BCUT2D eigenvalue weighted by molar-refractivity contribution is -0.119. The van der Waals surface area contributed by atoms with Gasteiger partial charge >= 0.3 is 0 Å². The molecule has 0 heterocycles. The lowest BCUT2D eigenvalue weighted by atomic mass is 10.0. The molecule has 134 valence electrons. The summed E-state index contributed by atoms with van der Waals surface area (Å²) in [5, 5.41) is 2.81. The van der Waals surface area contributed by atoms with E-state index in [2.05, 4.69) is 21.2 Å². The van der Waals surface area contributed by atoms with Gasteiger partial charge in [-0.1, -0.05) is 53.2 Å². The van der Waals surface area contributed by atoms with E-state index in [-0.39, 0.29) is 18.4 Å². The number of anilines is 1. The molecule has 25 heavy (non-hydrogen) atoms. The molecule has 0 bridgehead atoms. The van der Waals surface area contributed by atoms with Gasteiger partial charge in [-0.05, 0) is 35.7 Å². The molecule has 1 atom stereocenters.